The lowest BCUT2D eigenvalue weighted by atomic mass is 10.0. The summed E-state index contributed by atoms with van der Waals surface area (Å²) < 4.78 is 16.6. The van der Waals surface area contributed by atoms with Crippen LogP contribution in [-0.4, -0.2) is 26.4 Å². The topological polar surface area (TPSA) is 43.6 Å². The van der Waals surface area contributed by atoms with Crippen LogP contribution >= 0.6 is 0 Å². The van der Waals surface area contributed by atoms with Crippen molar-refractivity contribution in [3.63, 3.8) is 0 Å². The molecule has 0 bridgehead atoms. The van der Waals surface area contributed by atoms with Crippen molar-refractivity contribution in [1.82, 2.24) is 5.32 Å². The van der Waals surface area contributed by atoms with Crippen molar-refractivity contribution < 1.29 is 13.9 Å². The number of hydrogen-bond donors (Lipinski definition) is 1. The molecule has 0 spiro atoms. The average molecular weight is 267 g/mol. The Balaban J connectivity index is 1.62. The normalized spacial score (nSPS) is 16.9. The zero-order chi connectivity index (χ0) is 13.3. The van der Waals surface area contributed by atoms with Gasteiger partial charge in [0.25, 0.3) is 0 Å². The third kappa shape index (κ3) is 5.35. The number of nitrogens with one attached hydrogen (secondary N) is 1. The molecule has 1 fully saturated rings. The van der Waals surface area contributed by atoms with E-state index >= 15 is 0 Å². The lowest BCUT2D eigenvalue weighted by Gasteiger charge is -2.21. The molecule has 1 aliphatic rings. The summed E-state index contributed by atoms with van der Waals surface area (Å²) in [6.07, 6.45) is 5.20. The zero-order valence-corrected chi connectivity index (χ0v) is 11.8. The minimum absolute atomic E-state index is 0.575. The van der Waals surface area contributed by atoms with Gasteiger partial charge in [-0.1, -0.05) is 6.92 Å². The molecule has 2 rings (SSSR count). The second-order valence-electron chi connectivity index (χ2n) is 5.17. The molecule has 108 valence electrons. The van der Waals surface area contributed by atoms with E-state index in [0.29, 0.717) is 12.5 Å². The molecule has 0 saturated carbocycles. The molecule has 1 aliphatic heterocycles. The van der Waals surface area contributed by atoms with Crippen LogP contribution in [0.1, 0.15) is 37.5 Å². The van der Waals surface area contributed by atoms with Gasteiger partial charge in [-0.15, -0.1) is 0 Å². The number of rotatable bonds is 8. The van der Waals surface area contributed by atoms with Crippen LogP contribution < -0.4 is 5.32 Å². The molecule has 0 amide bonds. The molecule has 0 aromatic carbocycles. The summed E-state index contributed by atoms with van der Waals surface area (Å²) >= 11 is 0. The molecule has 1 N–H and O–H groups in total. The average Bonchev–Trinajstić information content (AvgIpc) is 2.88. The van der Waals surface area contributed by atoms with Crippen molar-refractivity contribution in [1.29, 1.82) is 0 Å². The van der Waals surface area contributed by atoms with Gasteiger partial charge in [-0.25, -0.2) is 0 Å². The second kappa shape index (κ2) is 8.35. The molecular formula is C15H25NO3. The fourth-order valence-corrected chi connectivity index (χ4v) is 2.24. The van der Waals surface area contributed by atoms with Crippen LogP contribution in [0.3, 0.4) is 0 Å². The Morgan fingerprint density at radius 2 is 2.21 bits per heavy atom. The number of hydrogen-bond acceptors (Lipinski definition) is 4. The van der Waals surface area contributed by atoms with Crippen LogP contribution in [0.4, 0.5) is 0 Å². The molecule has 1 aromatic heterocycles. The smallest absolute Gasteiger partial charge is 0.129 e. The first-order valence-corrected chi connectivity index (χ1v) is 7.31. The quantitative estimate of drug-likeness (QED) is 0.736. The van der Waals surface area contributed by atoms with Crippen LogP contribution in [0.25, 0.3) is 0 Å². The summed E-state index contributed by atoms with van der Waals surface area (Å²) in [5.74, 6) is 1.56. The predicted molar refractivity (Wildman–Crippen MR) is 73.9 cm³/mol. The molecule has 1 saturated heterocycles. The van der Waals surface area contributed by atoms with Crippen LogP contribution in [0.15, 0.2) is 16.7 Å². The van der Waals surface area contributed by atoms with Gasteiger partial charge < -0.3 is 19.2 Å². The van der Waals surface area contributed by atoms with Gasteiger partial charge in [-0.3, -0.25) is 0 Å². The fraction of sp³-hybridized carbons (Fsp3) is 0.733. The van der Waals surface area contributed by atoms with E-state index in [1.807, 2.05) is 6.26 Å². The highest BCUT2D eigenvalue weighted by atomic mass is 16.5. The van der Waals surface area contributed by atoms with E-state index in [1.54, 1.807) is 0 Å². The summed E-state index contributed by atoms with van der Waals surface area (Å²) in [5, 5.41) is 3.36. The summed E-state index contributed by atoms with van der Waals surface area (Å²) in [6, 6.07) is 2.08. The van der Waals surface area contributed by atoms with Gasteiger partial charge in [0.2, 0.25) is 0 Å². The molecule has 19 heavy (non-hydrogen) atoms. The second-order valence-corrected chi connectivity index (χ2v) is 5.17. The maximum atomic E-state index is 5.73. The van der Waals surface area contributed by atoms with Gasteiger partial charge in [0.15, 0.2) is 0 Å². The van der Waals surface area contributed by atoms with E-state index < -0.39 is 0 Å². The van der Waals surface area contributed by atoms with Gasteiger partial charge in [0.05, 0.1) is 12.9 Å². The highest BCUT2D eigenvalue weighted by Gasteiger charge is 2.14. The third-order valence-corrected chi connectivity index (χ3v) is 3.40. The van der Waals surface area contributed by atoms with E-state index in [1.165, 1.54) is 5.56 Å². The SMILES string of the molecule is CCCNCc1coc(COCC2CCOCC2)c1. The summed E-state index contributed by atoms with van der Waals surface area (Å²) in [5.41, 5.74) is 1.19. The Bertz CT molecular complexity index is 345. The largest absolute Gasteiger partial charge is 0.467 e. The van der Waals surface area contributed by atoms with Crippen LogP contribution in [-0.2, 0) is 22.6 Å². The Hall–Kier alpha value is -0.840. The highest BCUT2D eigenvalue weighted by molar-refractivity contribution is 5.11. The van der Waals surface area contributed by atoms with Gasteiger partial charge in [-0.2, -0.15) is 0 Å². The first-order valence-electron chi connectivity index (χ1n) is 7.31. The maximum absolute atomic E-state index is 5.73. The van der Waals surface area contributed by atoms with Gasteiger partial charge in [0, 0.05) is 25.3 Å². The molecule has 0 aliphatic carbocycles. The molecule has 0 unspecified atom stereocenters. The number of ether oxygens (including phenoxy) is 2. The Kier molecular flexibility index (Phi) is 6.41. The molecule has 2 heterocycles. The van der Waals surface area contributed by atoms with Crippen molar-refractivity contribution in [2.24, 2.45) is 5.92 Å². The highest BCUT2D eigenvalue weighted by Crippen LogP contribution is 2.16. The monoisotopic (exact) mass is 267 g/mol. The molecule has 1 aromatic rings. The first-order chi connectivity index (χ1) is 9.38. The lowest BCUT2D eigenvalue weighted by molar-refractivity contribution is 0.0120. The van der Waals surface area contributed by atoms with Gasteiger partial charge >= 0.3 is 0 Å². The fourth-order valence-electron chi connectivity index (χ4n) is 2.24. The predicted octanol–water partition coefficient (Wildman–Crippen LogP) is 2.72. The zero-order valence-electron chi connectivity index (χ0n) is 11.8. The van der Waals surface area contributed by atoms with Crippen molar-refractivity contribution in [3.8, 4) is 0 Å². The molecule has 4 nitrogen and oxygen atoms in total. The molecular weight excluding hydrogens is 242 g/mol. The van der Waals surface area contributed by atoms with E-state index in [4.69, 9.17) is 13.9 Å². The molecule has 0 atom stereocenters. The van der Waals surface area contributed by atoms with Crippen LogP contribution in [0.5, 0.6) is 0 Å². The van der Waals surface area contributed by atoms with Crippen molar-refractivity contribution in [2.75, 3.05) is 26.4 Å². The van der Waals surface area contributed by atoms with E-state index in [-0.39, 0.29) is 0 Å². The van der Waals surface area contributed by atoms with E-state index in [9.17, 15) is 0 Å². The standard InChI is InChI=1S/C15H25NO3/c1-2-5-16-9-14-8-15(19-11-14)12-18-10-13-3-6-17-7-4-13/h8,11,13,16H,2-7,9-10,12H2,1H3. The first kappa shape index (κ1) is 14.6. The molecule has 4 heteroatoms. The minimum atomic E-state index is 0.575. The third-order valence-electron chi connectivity index (χ3n) is 3.40. The van der Waals surface area contributed by atoms with E-state index in [0.717, 1.165) is 57.9 Å². The van der Waals surface area contributed by atoms with Gasteiger partial charge in [0.1, 0.15) is 12.4 Å². The van der Waals surface area contributed by atoms with Crippen molar-refractivity contribution in [2.45, 2.75) is 39.3 Å². The van der Waals surface area contributed by atoms with Crippen molar-refractivity contribution in [3.05, 3.63) is 23.7 Å². The summed E-state index contributed by atoms with van der Waals surface area (Å²) in [7, 11) is 0. The Morgan fingerprint density at radius 1 is 1.37 bits per heavy atom. The van der Waals surface area contributed by atoms with Crippen LogP contribution in [0.2, 0.25) is 0 Å². The number of furan rings is 1. The lowest BCUT2D eigenvalue weighted by Crippen LogP contribution is -2.20. The molecule has 0 radical (unpaired) electrons. The summed E-state index contributed by atoms with van der Waals surface area (Å²) in [4.78, 5) is 0. The summed E-state index contributed by atoms with van der Waals surface area (Å²) in [6.45, 7) is 7.22. The Labute approximate surface area is 115 Å². The van der Waals surface area contributed by atoms with Gasteiger partial charge in [-0.05, 0) is 37.8 Å². The minimum Gasteiger partial charge on any atom is -0.467 e. The maximum Gasteiger partial charge on any atom is 0.129 e. The van der Waals surface area contributed by atoms with Crippen molar-refractivity contribution >= 4 is 0 Å². The Morgan fingerprint density at radius 3 is 3.00 bits per heavy atom. The van der Waals surface area contributed by atoms with Crippen LogP contribution in [0, 0.1) is 5.92 Å². The van der Waals surface area contributed by atoms with E-state index in [2.05, 4.69) is 18.3 Å².